The van der Waals surface area contributed by atoms with Crippen LogP contribution in [0.1, 0.15) is 25.7 Å². The van der Waals surface area contributed by atoms with Crippen molar-refractivity contribution in [2.24, 2.45) is 0 Å². The summed E-state index contributed by atoms with van der Waals surface area (Å²) in [6.45, 7) is 0. The highest BCUT2D eigenvalue weighted by atomic mass is 32.2. The molecule has 0 radical (unpaired) electrons. The first-order valence-corrected chi connectivity index (χ1v) is 5.67. The third-order valence-corrected chi connectivity index (χ3v) is 3.38. The Morgan fingerprint density at radius 3 is 2.83 bits per heavy atom. The van der Waals surface area contributed by atoms with Gasteiger partial charge in [-0.3, -0.25) is 4.79 Å². The maximum absolute atomic E-state index is 10.1. The number of hydrogen-bond donors (Lipinski definition) is 1. The van der Waals surface area contributed by atoms with E-state index in [0.717, 1.165) is 18.0 Å². The molecule has 4 heteroatoms. The normalized spacial score (nSPS) is 20.2. The van der Waals surface area contributed by atoms with E-state index in [2.05, 4.69) is 11.8 Å². The van der Waals surface area contributed by atoms with Crippen LogP contribution in [0.5, 0.6) is 0 Å². The van der Waals surface area contributed by atoms with Crippen molar-refractivity contribution in [3.63, 3.8) is 0 Å². The standard InChI is InChI=1S/C8H15BO2S/c10-8(11)4-2-1-3-5-12-7-6-9-7/h7,9H,1-6H2,(H,10,11). The van der Waals surface area contributed by atoms with Gasteiger partial charge in [0.25, 0.3) is 0 Å². The minimum atomic E-state index is -0.662. The smallest absolute Gasteiger partial charge is 0.303 e. The minimum Gasteiger partial charge on any atom is -0.481 e. The minimum absolute atomic E-state index is 0.341. The van der Waals surface area contributed by atoms with Crippen molar-refractivity contribution >= 4 is 25.0 Å². The van der Waals surface area contributed by atoms with E-state index in [9.17, 15) is 4.79 Å². The zero-order chi connectivity index (χ0) is 8.81. The van der Waals surface area contributed by atoms with E-state index in [1.165, 1.54) is 25.8 Å². The fourth-order valence-corrected chi connectivity index (χ4v) is 2.21. The summed E-state index contributed by atoms with van der Waals surface area (Å²) >= 11 is 2.05. The van der Waals surface area contributed by atoms with Crippen molar-refractivity contribution in [3.8, 4) is 0 Å². The number of unbranched alkanes of at least 4 members (excludes halogenated alkanes) is 2. The van der Waals surface area contributed by atoms with Crippen LogP contribution < -0.4 is 0 Å². The molecule has 68 valence electrons. The number of thioether (sulfide) groups is 1. The Balaban J connectivity index is 1.73. The highest BCUT2D eigenvalue weighted by Crippen LogP contribution is 2.27. The molecule has 0 aromatic carbocycles. The third kappa shape index (κ3) is 5.52. The van der Waals surface area contributed by atoms with Gasteiger partial charge >= 0.3 is 5.97 Å². The molecule has 1 atom stereocenters. The van der Waals surface area contributed by atoms with Crippen LogP contribution in [0.2, 0.25) is 6.32 Å². The van der Waals surface area contributed by atoms with Gasteiger partial charge in [0, 0.05) is 6.42 Å². The predicted octanol–water partition coefficient (Wildman–Crippen LogP) is 1.56. The summed E-state index contributed by atoms with van der Waals surface area (Å²) in [5.41, 5.74) is 0. The molecule has 1 saturated heterocycles. The monoisotopic (exact) mass is 186 g/mol. The van der Waals surface area contributed by atoms with Gasteiger partial charge in [-0.1, -0.05) is 12.7 Å². The second-order valence-corrected chi connectivity index (χ2v) is 4.68. The van der Waals surface area contributed by atoms with Crippen LogP contribution in [0.4, 0.5) is 0 Å². The van der Waals surface area contributed by atoms with Crippen LogP contribution in [0.15, 0.2) is 0 Å². The Kier molecular flexibility index (Phi) is 4.58. The number of hydrogen-bond acceptors (Lipinski definition) is 2. The van der Waals surface area contributed by atoms with Gasteiger partial charge < -0.3 is 5.11 Å². The van der Waals surface area contributed by atoms with Crippen molar-refractivity contribution < 1.29 is 9.90 Å². The molecule has 1 aliphatic heterocycles. The number of carboxylic acids is 1. The molecule has 0 amide bonds. The van der Waals surface area contributed by atoms with E-state index in [1.807, 2.05) is 0 Å². The van der Waals surface area contributed by atoms with Crippen LogP contribution in [0, 0.1) is 0 Å². The summed E-state index contributed by atoms with van der Waals surface area (Å²) in [6, 6.07) is 0. The van der Waals surface area contributed by atoms with Gasteiger partial charge in [-0.2, -0.15) is 11.8 Å². The van der Waals surface area contributed by atoms with Crippen molar-refractivity contribution in [1.29, 1.82) is 0 Å². The fraction of sp³-hybridized carbons (Fsp3) is 0.875. The van der Waals surface area contributed by atoms with Gasteiger partial charge in [0.2, 0.25) is 0 Å². The average molecular weight is 186 g/mol. The van der Waals surface area contributed by atoms with Gasteiger partial charge in [0.1, 0.15) is 7.28 Å². The van der Waals surface area contributed by atoms with E-state index >= 15 is 0 Å². The molecule has 0 bridgehead atoms. The largest absolute Gasteiger partial charge is 0.481 e. The number of carboxylic acid groups (broad SMARTS) is 1. The fourth-order valence-electron chi connectivity index (χ4n) is 1.04. The Labute approximate surface area is 78.4 Å². The topological polar surface area (TPSA) is 37.3 Å². The average Bonchev–Trinajstić information content (AvgIpc) is 2.79. The Morgan fingerprint density at radius 1 is 1.50 bits per heavy atom. The van der Waals surface area contributed by atoms with Gasteiger partial charge in [-0.25, -0.2) is 0 Å². The van der Waals surface area contributed by atoms with Crippen molar-refractivity contribution in [2.75, 3.05) is 5.75 Å². The Bertz CT molecular complexity index is 148. The van der Waals surface area contributed by atoms with E-state index in [1.54, 1.807) is 0 Å². The third-order valence-electron chi connectivity index (χ3n) is 1.91. The molecular formula is C8H15BO2S. The van der Waals surface area contributed by atoms with Gasteiger partial charge in [0.05, 0.1) is 0 Å². The van der Waals surface area contributed by atoms with Crippen LogP contribution in [0.3, 0.4) is 0 Å². The molecular weight excluding hydrogens is 171 g/mol. The van der Waals surface area contributed by atoms with E-state index in [0.29, 0.717) is 6.42 Å². The first-order valence-electron chi connectivity index (χ1n) is 4.62. The molecule has 0 saturated carbocycles. The summed E-state index contributed by atoms with van der Waals surface area (Å²) in [4.78, 5) is 10.1. The molecule has 1 rings (SSSR count). The summed E-state index contributed by atoms with van der Waals surface area (Å²) in [5.74, 6) is 0.564. The lowest BCUT2D eigenvalue weighted by Crippen LogP contribution is -1.94. The number of aliphatic carboxylic acids is 1. The maximum atomic E-state index is 10.1. The summed E-state index contributed by atoms with van der Waals surface area (Å²) in [6.07, 6.45) is 4.86. The lowest BCUT2D eigenvalue weighted by molar-refractivity contribution is -0.137. The van der Waals surface area contributed by atoms with Gasteiger partial charge in [0.15, 0.2) is 0 Å². The van der Waals surface area contributed by atoms with Crippen LogP contribution >= 0.6 is 11.8 Å². The van der Waals surface area contributed by atoms with Crippen LogP contribution in [-0.4, -0.2) is 29.3 Å². The van der Waals surface area contributed by atoms with E-state index in [-0.39, 0.29) is 0 Å². The molecule has 1 unspecified atom stereocenters. The molecule has 12 heavy (non-hydrogen) atoms. The second-order valence-electron chi connectivity index (χ2n) is 3.27. The Morgan fingerprint density at radius 2 is 2.25 bits per heavy atom. The highest BCUT2D eigenvalue weighted by molar-refractivity contribution is 8.02. The summed E-state index contributed by atoms with van der Waals surface area (Å²) < 4.78 is 0. The summed E-state index contributed by atoms with van der Waals surface area (Å²) in [5, 5.41) is 9.31. The second kappa shape index (κ2) is 5.52. The maximum Gasteiger partial charge on any atom is 0.303 e. The van der Waals surface area contributed by atoms with Gasteiger partial charge in [-0.15, -0.1) is 0 Å². The van der Waals surface area contributed by atoms with Crippen LogP contribution in [0.25, 0.3) is 0 Å². The molecule has 1 N–H and O–H groups in total. The van der Waals surface area contributed by atoms with Crippen molar-refractivity contribution in [3.05, 3.63) is 0 Å². The molecule has 1 fully saturated rings. The lowest BCUT2D eigenvalue weighted by Gasteiger charge is -1.98. The number of rotatable bonds is 7. The first-order chi connectivity index (χ1) is 5.79. The first kappa shape index (κ1) is 9.97. The zero-order valence-corrected chi connectivity index (χ0v) is 8.11. The van der Waals surface area contributed by atoms with Crippen molar-refractivity contribution in [1.82, 2.24) is 0 Å². The molecule has 1 heterocycles. The highest BCUT2D eigenvalue weighted by Gasteiger charge is 2.22. The van der Waals surface area contributed by atoms with Crippen molar-refractivity contribution in [2.45, 2.75) is 37.2 Å². The van der Waals surface area contributed by atoms with Crippen LogP contribution in [-0.2, 0) is 4.79 Å². The molecule has 0 aromatic heterocycles. The summed E-state index contributed by atoms with van der Waals surface area (Å²) in [7, 11) is 1.40. The molecule has 0 aromatic rings. The lowest BCUT2D eigenvalue weighted by atomic mass is 10.1. The molecule has 0 spiro atoms. The zero-order valence-electron chi connectivity index (χ0n) is 7.29. The molecule has 0 aliphatic carbocycles. The quantitative estimate of drug-likeness (QED) is 0.484. The predicted molar refractivity (Wildman–Crippen MR) is 54.3 cm³/mol. The van der Waals surface area contributed by atoms with Gasteiger partial charge in [-0.05, 0) is 23.7 Å². The molecule has 2 nitrogen and oxygen atoms in total. The van der Waals surface area contributed by atoms with E-state index in [4.69, 9.17) is 5.11 Å². The number of carbonyl (C=O) groups is 1. The Hall–Kier alpha value is -0.115. The van der Waals surface area contributed by atoms with E-state index < -0.39 is 5.97 Å². The SMILES string of the molecule is O=C(O)CCCCCSC1BC1. The molecule has 1 aliphatic rings.